The number of para-hydroxylation sites is 1. The molecule has 1 N–H and O–H groups in total. The second-order valence-corrected chi connectivity index (χ2v) is 5.57. The van der Waals surface area contributed by atoms with E-state index in [2.05, 4.69) is 44.6 Å². The third-order valence-electron chi connectivity index (χ3n) is 4.01. The quantitative estimate of drug-likeness (QED) is 0.783. The summed E-state index contributed by atoms with van der Waals surface area (Å²) in [5, 5.41) is 9.12. The van der Waals surface area contributed by atoms with Crippen LogP contribution in [0.1, 0.15) is 17.9 Å². The van der Waals surface area contributed by atoms with E-state index in [9.17, 15) is 0 Å². The zero-order chi connectivity index (χ0) is 14.2. The molecule has 1 atom stereocenters. The monoisotopic (exact) mass is 279 g/mol. The van der Waals surface area contributed by atoms with Crippen molar-refractivity contribution in [2.75, 3.05) is 5.32 Å². The maximum atomic E-state index is 4.59. The summed E-state index contributed by atoms with van der Waals surface area (Å²) in [4.78, 5) is 8.87. The van der Waals surface area contributed by atoms with Crippen molar-refractivity contribution >= 4 is 16.6 Å². The van der Waals surface area contributed by atoms with Crippen LogP contribution in [-0.2, 0) is 13.0 Å². The van der Waals surface area contributed by atoms with Gasteiger partial charge in [-0.05, 0) is 25.5 Å². The molecule has 5 heteroatoms. The average molecular weight is 279 g/mol. The van der Waals surface area contributed by atoms with Gasteiger partial charge in [-0.1, -0.05) is 18.2 Å². The molecule has 3 aromatic rings. The van der Waals surface area contributed by atoms with E-state index in [-0.39, 0.29) is 0 Å². The number of hydrogen-bond acceptors (Lipinski definition) is 4. The normalized spacial score (nSPS) is 17.7. The Kier molecular flexibility index (Phi) is 2.84. The highest BCUT2D eigenvalue weighted by Gasteiger charge is 2.20. The first-order valence-corrected chi connectivity index (χ1v) is 7.29. The molecule has 0 aliphatic carbocycles. The molecule has 106 valence electrons. The van der Waals surface area contributed by atoms with E-state index in [1.807, 2.05) is 17.7 Å². The van der Waals surface area contributed by atoms with E-state index in [1.165, 1.54) is 5.39 Å². The minimum Gasteiger partial charge on any atom is -0.380 e. The fourth-order valence-corrected chi connectivity index (χ4v) is 3.00. The molecule has 0 fully saturated rings. The molecular formula is C16H17N5. The maximum absolute atomic E-state index is 4.59. The van der Waals surface area contributed by atoms with Gasteiger partial charge >= 0.3 is 0 Å². The summed E-state index contributed by atoms with van der Waals surface area (Å²) in [5.41, 5.74) is 3.23. The lowest BCUT2D eigenvalue weighted by Gasteiger charge is -2.25. The number of aromatic nitrogens is 4. The minimum atomic E-state index is 0.379. The summed E-state index contributed by atoms with van der Waals surface area (Å²) >= 11 is 0. The zero-order valence-electron chi connectivity index (χ0n) is 12.0. The molecule has 1 unspecified atom stereocenters. The fourth-order valence-electron chi connectivity index (χ4n) is 3.00. The van der Waals surface area contributed by atoms with Crippen LogP contribution < -0.4 is 5.32 Å². The number of aryl methyl sites for hydroxylation is 2. The number of nitrogens with one attached hydrogen (secondary N) is 1. The van der Waals surface area contributed by atoms with Gasteiger partial charge in [0.25, 0.3) is 0 Å². The van der Waals surface area contributed by atoms with Crippen LogP contribution in [0.15, 0.2) is 36.7 Å². The number of hydrogen-bond donors (Lipinski definition) is 1. The molecule has 0 saturated carbocycles. The Bertz CT molecular complexity index is 792. The molecule has 0 spiro atoms. The Hall–Kier alpha value is -2.43. The molecule has 2 aromatic heterocycles. The fraction of sp³-hybridized carbons (Fsp3) is 0.312. The Morgan fingerprint density at radius 1 is 1.29 bits per heavy atom. The first-order valence-electron chi connectivity index (χ1n) is 7.29. The van der Waals surface area contributed by atoms with Crippen LogP contribution in [-0.4, -0.2) is 25.8 Å². The van der Waals surface area contributed by atoms with Crippen LogP contribution in [0.5, 0.6) is 0 Å². The van der Waals surface area contributed by atoms with Crippen LogP contribution in [0, 0.1) is 6.92 Å². The molecule has 1 aromatic carbocycles. The molecule has 1 aliphatic heterocycles. The zero-order valence-corrected chi connectivity index (χ0v) is 12.0. The van der Waals surface area contributed by atoms with Crippen molar-refractivity contribution in [3.8, 4) is 0 Å². The van der Waals surface area contributed by atoms with E-state index in [0.717, 1.165) is 42.1 Å². The highest BCUT2D eigenvalue weighted by atomic mass is 15.3. The SMILES string of the molecule is Cc1cc(NC2CCc3ncnn3C2)c2ccccc2n1. The molecule has 1 aliphatic rings. The average Bonchev–Trinajstić information content (AvgIpc) is 2.94. The number of pyridine rings is 1. The van der Waals surface area contributed by atoms with E-state index >= 15 is 0 Å². The Morgan fingerprint density at radius 3 is 3.14 bits per heavy atom. The summed E-state index contributed by atoms with van der Waals surface area (Å²) in [5.74, 6) is 1.09. The van der Waals surface area contributed by atoms with Crippen molar-refractivity contribution in [2.24, 2.45) is 0 Å². The topological polar surface area (TPSA) is 55.6 Å². The van der Waals surface area contributed by atoms with Crippen molar-refractivity contribution in [3.05, 3.63) is 48.2 Å². The second kappa shape index (κ2) is 4.84. The van der Waals surface area contributed by atoms with Crippen LogP contribution in [0.4, 0.5) is 5.69 Å². The van der Waals surface area contributed by atoms with Gasteiger partial charge in [0.1, 0.15) is 12.2 Å². The largest absolute Gasteiger partial charge is 0.380 e. The molecule has 5 nitrogen and oxygen atoms in total. The summed E-state index contributed by atoms with van der Waals surface area (Å²) in [6.07, 6.45) is 3.69. The van der Waals surface area contributed by atoms with E-state index in [4.69, 9.17) is 0 Å². The van der Waals surface area contributed by atoms with Crippen LogP contribution in [0.3, 0.4) is 0 Å². The van der Waals surface area contributed by atoms with Gasteiger partial charge in [-0.2, -0.15) is 5.10 Å². The lowest BCUT2D eigenvalue weighted by molar-refractivity contribution is 0.442. The standard InChI is InChI=1S/C16H17N5/c1-11-8-15(13-4-2-3-5-14(13)19-11)20-12-6-7-16-17-10-18-21(16)9-12/h2-5,8,10,12H,6-7,9H2,1H3,(H,19,20). The van der Waals surface area contributed by atoms with Crippen molar-refractivity contribution < 1.29 is 0 Å². The summed E-state index contributed by atoms with van der Waals surface area (Å²) in [6.45, 7) is 2.90. The van der Waals surface area contributed by atoms with Crippen LogP contribution in [0.25, 0.3) is 10.9 Å². The van der Waals surface area contributed by atoms with Crippen molar-refractivity contribution in [3.63, 3.8) is 0 Å². The van der Waals surface area contributed by atoms with Crippen molar-refractivity contribution in [1.29, 1.82) is 0 Å². The molecule has 3 heterocycles. The Morgan fingerprint density at radius 2 is 2.19 bits per heavy atom. The Labute approximate surface area is 123 Å². The molecule has 0 radical (unpaired) electrons. The number of fused-ring (bicyclic) bond motifs is 2. The molecule has 0 amide bonds. The van der Waals surface area contributed by atoms with Gasteiger partial charge in [0.05, 0.1) is 12.1 Å². The summed E-state index contributed by atoms with van der Waals surface area (Å²) in [6, 6.07) is 10.8. The predicted molar refractivity (Wildman–Crippen MR) is 82.2 cm³/mol. The van der Waals surface area contributed by atoms with E-state index in [0.29, 0.717) is 6.04 Å². The number of benzene rings is 1. The summed E-state index contributed by atoms with van der Waals surface area (Å²) in [7, 11) is 0. The lowest BCUT2D eigenvalue weighted by atomic mass is 10.1. The van der Waals surface area contributed by atoms with Gasteiger partial charge in [0.2, 0.25) is 0 Å². The summed E-state index contributed by atoms with van der Waals surface area (Å²) < 4.78 is 2.00. The van der Waals surface area contributed by atoms with Crippen molar-refractivity contribution in [2.45, 2.75) is 32.4 Å². The first kappa shape index (κ1) is 12.3. The Balaban J connectivity index is 1.66. The van der Waals surface area contributed by atoms with E-state index < -0.39 is 0 Å². The smallest absolute Gasteiger partial charge is 0.138 e. The maximum Gasteiger partial charge on any atom is 0.138 e. The lowest BCUT2D eigenvalue weighted by Crippen LogP contribution is -2.32. The van der Waals surface area contributed by atoms with E-state index in [1.54, 1.807) is 6.33 Å². The van der Waals surface area contributed by atoms with Crippen LogP contribution in [0.2, 0.25) is 0 Å². The number of rotatable bonds is 2. The highest BCUT2D eigenvalue weighted by molar-refractivity contribution is 5.91. The van der Waals surface area contributed by atoms with Gasteiger partial charge in [-0.3, -0.25) is 4.98 Å². The highest BCUT2D eigenvalue weighted by Crippen LogP contribution is 2.25. The van der Waals surface area contributed by atoms with Gasteiger partial charge in [0, 0.05) is 29.2 Å². The number of anilines is 1. The molecule has 0 bridgehead atoms. The van der Waals surface area contributed by atoms with Crippen LogP contribution >= 0.6 is 0 Å². The van der Waals surface area contributed by atoms with Gasteiger partial charge in [-0.15, -0.1) is 0 Å². The van der Waals surface area contributed by atoms with Crippen molar-refractivity contribution in [1.82, 2.24) is 19.7 Å². The molecule has 4 rings (SSSR count). The first-order chi connectivity index (χ1) is 10.3. The minimum absolute atomic E-state index is 0.379. The molecule has 0 saturated heterocycles. The van der Waals surface area contributed by atoms with Gasteiger partial charge in [0.15, 0.2) is 0 Å². The van der Waals surface area contributed by atoms with Gasteiger partial charge < -0.3 is 5.32 Å². The second-order valence-electron chi connectivity index (χ2n) is 5.57. The number of nitrogens with zero attached hydrogens (tertiary/aromatic N) is 4. The predicted octanol–water partition coefficient (Wildman–Crippen LogP) is 2.56. The third kappa shape index (κ3) is 2.24. The molecule has 21 heavy (non-hydrogen) atoms. The van der Waals surface area contributed by atoms with Gasteiger partial charge in [-0.25, -0.2) is 9.67 Å². The molecular weight excluding hydrogens is 262 g/mol. The third-order valence-corrected chi connectivity index (χ3v) is 4.01.